The summed E-state index contributed by atoms with van der Waals surface area (Å²) in [7, 11) is 0. The molecule has 3 aromatic carbocycles. The van der Waals surface area contributed by atoms with E-state index >= 15 is 0 Å². The molecule has 0 spiro atoms. The monoisotopic (exact) mass is 388 g/mol. The minimum Gasteiger partial charge on any atom is -0.457 e. The number of hydrogen-bond acceptors (Lipinski definition) is 3. The topological polar surface area (TPSA) is 50.4 Å². The molecule has 0 heterocycles. The van der Waals surface area contributed by atoms with Gasteiger partial charge < -0.3 is 10.1 Å². The number of aryl methyl sites for hydroxylation is 1. The van der Waals surface area contributed by atoms with Crippen molar-refractivity contribution in [2.24, 2.45) is 0 Å². The molecule has 0 bridgehead atoms. The van der Waals surface area contributed by atoms with Gasteiger partial charge in [0.1, 0.15) is 11.5 Å². The largest absolute Gasteiger partial charge is 0.457 e. The first-order valence-corrected chi connectivity index (χ1v) is 9.19. The lowest BCUT2D eigenvalue weighted by Gasteiger charge is -2.10. The van der Waals surface area contributed by atoms with Crippen molar-refractivity contribution in [1.29, 1.82) is 0 Å². The molecule has 0 radical (unpaired) electrons. The Bertz CT molecular complexity index is 966. The van der Waals surface area contributed by atoms with Gasteiger partial charge in [-0.25, -0.2) is 0 Å². The first kappa shape index (κ1) is 19.3. The second-order valence-electron chi connectivity index (χ2n) is 6.13. The summed E-state index contributed by atoms with van der Waals surface area (Å²) in [6.45, 7) is 2.02. The Hall–Kier alpha value is -3.44. The van der Waals surface area contributed by atoms with Crippen LogP contribution in [0.5, 0.6) is 11.5 Å². The van der Waals surface area contributed by atoms with Crippen LogP contribution in [0, 0.1) is 6.92 Å². The van der Waals surface area contributed by atoms with Gasteiger partial charge in [0.2, 0.25) is 5.91 Å². The Morgan fingerprint density at radius 2 is 1.54 bits per heavy atom. The fraction of sp³-hybridized carbons (Fsp3) is 0.0435. The third-order valence-electron chi connectivity index (χ3n) is 3.83. The lowest BCUT2D eigenvalue weighted by Crippen LogP contribution is -2.32. The van der Waals surface area contributed by atoms with Gasteiger partial charge in [0.25, 0.3) is 0 Å². The van der Waals surface area contributed by atoms with Crippen molar-refractivity contribution in [3.8, 4) is 11.5 Å². The van der Waals surface area contributed by atoms with Crippen molar-refractivity contribution in [2.45, 2.75) is 6.92 Å². The molecule has 0 fully saturated rings. The zero-order valence-electron chi connectivity index (χ0n) is 15.4. The van der Waals surface area contributed by atoms with Crippen molar-refractivity contribution in [2.75, 3.05) is 5.32 Å². The number of hydrogen-bond donors (Lipinski definition) is 2. The number of carbonyl (C=O) groups excluding carboxylic acids is 1. The Labute approximate surface area is 169 Å². The smallest absolute Gasteiger partial charge is 0.250 e. The molecule has 3 aromatic rings. The van der Waals surface area contributed by atoms with Crippen LogP contribution in [0.4, 0.5) is 5.69 Å². The summed E-state index contributed by atoms with van der Waals surface area (Å²) in [4.78, 5) is 12.0. The first-order valence-electron chi connectivity index (χ1n) is 8.78. The molecular formula is C23H20N2O2S. The molecule has 0 unspecified atom stereocenters. The number of ether oxygens (including phenoxy) is 1. The summed E-state index contributed by atoms with van der Waals surface area (Å²) in [6, 6.07) is 24.8. The molecule has 0 aliphatic heterocycles. The molecule has 5 heteroatoms. The van der Waals surface area contributed by atoms with Crippen molar-refractivity contribution >= 4 is 35.0 Å². The average Bonchev–Trinajstić information content (AvgIpc) is 2.70. The van der Waals surface area contributed by atoms with Gasteiger partial charge in [0.05, 0.1) is 0 Å². The third-order valence-corrected chi connectivity index (χ3v) is 4.04. The molecule has 0 saturated carbocycles. The minimum absolute atomic E-state index is 0.232. The summed E-state index contributed by atoms with van der Waals surface area (Å²) in [5, 5.41) is 5.84. The molecule has 28 heavy (non-hydrogen) atoms. The average molecular weight is 388 g/mol. The maximum Gasteiger partial charge on any atom is 0.250 e. The highest BCUT2D eigenvalue weighted by Crippen LogP contribution is 2.22. The van der Waals surface area contributed by atoms with Crippen molar-refractivity contribution in [1.82, 2.24) is 5.32 Å². The first-order chi connectivity index (χ1) is 13.6. The van der Waals surface area contributed by atoms with E-state index in [1.807, 2.05) is 85.8 Å². The number of rotatable bonds is 5. The van der Waals surface area contributed by atoms with E-state index in [4.69, 9.17) is 17.0 Å². The van der Waals surface area contributed by atoms with Crippen molar-refractivity contribution < 1.29 is 9.53 Å². The summed E-state index contributed by atoms with van der Waals surface area (Å²) in [6.07, 6.45) is 3.20. The fourth-order valence-electron chi connectivity index (χ4n) is 2.40. The Morgan fingerprint density at radius 3 is 2.21 bits per heavy atom. The van der Waals surface area contributed by atoms with Crippen LogP contribution in [0.2, 0.25) is 0 Å². The zero-order chi connectivity index (χ0) is 19.8. The Morgan fingerprint density at radius 1 is 0.893 bits per heavy atom. The molecule has 2 N–H and O–H groups in total. The zero-order valence-corrected chi connectivity index (χ0v) is 16.2. The summed E-state index contributed by atoms with van der Waals surface area (Å²) < 4.78 is 5.74. The van der Waals surface area contributed by atoms with Gasteiger partial charge in [-0.15, -0.1) is 0 Å². The number of para-hydroxylation sites is 1. The second-order valence-corrected chi connectivity index (χ2v) is 6.54. The molecule has 3 rings (SSSR count). The lowest BCUT2D eigenvalue weighted by molar-refractivity contribution is -0.115. The number of benzene rings is 3. The number of thiocarbonyl (C=S) groups is 1. The molecule has 0 aromatic heterocycles. The van der Waals surface area contributed by atoms with Crippen molar-refractivity contribution in [3.63, 3.8) is 0 Å². The SMILES string of the molecule is Cc1ccc(C=CC(=O)NC(=S)Nc2ccc(Oc3ccccc3)cc2)cc1. The van der Waals surface area contributed by atoms with Gasteiger partial charge >= 0.3 is 0 Å². The van der Waals surface area contributed by atoms with Crippen LogP contribution >= 0.6 is 12.2 Å². The van der Waals surface area contributed by atoms with Crippen LogP contribution < -0.4 is 15.4 Å². The van der Waals surface area contributed by atoms with Gasteiger partial charge in [-0.05, 0) is 67.2 Å². The van der Waals surface area contributed by atoms with Gasteiger partial charge in [-0.3, -0.25) is 10.1 Å². The lowest BCUT2D eigenvalue weighted by atomic mass is 10.1. The van der Waals surface area contributed by atoms with Crippen LogP contribution in [0.1, 0.15) is 11.1 Å². The van der Waals surface area contributed by atoms with E-state index in [1.165, 1.54) is 11.6 Å². The van der Waals surface area contributed by atoms with Crippen LogP contribution in [-0.2, 0) is 4.79 Å². The second kappa shape index (κ2) is 9.48. The Balaban J connectivity index is 1.50. The van der Waals surface area contributed by atoms with E-state index in [0.717, 1.165) is 17.0 Å². The van der Waals surface area contributed by atoms with Gasteiger partial charge in [-0.1, -0.05) is 48.0 Å². The highest BCUT2D eigenvalue weighted by atomic mass is 32.1. The molecule has 0 aliphatic carbocycles. The van der Waals surface area contributed by atoms with E-state index in [9.17, 15) is 4.79 Å². The summed E-state index contributed by atoms with van der Waals surface area (Å²) >= 11 is 5.19. The normalized spacial score (nSPS) is 10.5. The standard InChI is InChI=1S/C23H20N2O2S/c1-17-7-9-18(10-8-17)11-16-22(26)25-23(28)24-19-12-14-21(15-13-19)27-20-5-3-2-4-6-20/h2-16H,1H3,(H2,24,25,26,28). The van der Waals surface area contributed by atoms with Crippen LogP contribution in [0.25, 0.3) is 6.08 Å². The number of carbonyl (C=O) groups is 1. The van der Waals surface area contributed by atoms with Gasteiger partial charge in [0, 0.05) is 11.8 Å². The van der Waals surface area contributed by atoms with E-state index in [-0.39, 0.29) is 11.0 Å². The predicted molar refractivity (Wildman–Crippen MR) is 118 cm³/mol. The molecule has 140 valence electrons. The van der Waals surface area contributed by atoms with Crippen LogP contribution in [0.3, 0.4) is 0 Å². The molecule has 0 saturated heterocycles. The highest BCUT2D eigenvalue weighted by molar-refractivity contribution is 7.80. The predicted octanol–water partition coefficient (Wildman–Crippen LogP) is 5.31. The summed E-state index contributed by atoms with van der Waals surface area (Å²) in [5.74, 6) is 1.20. The van der Waals surface area contributed by atoms with Crippen molar-refractivity contribution in [3.05, 3.63) is 96.1 Å². The Kier molecular flexibility index (Phi) is 6.54. The van der Waals surface area contributed by atoms with E-state index < -0.39 is 0 Å². The van der Waals surface area contributed by atoms with Crippen LogP contribution in [0.15, 0.2) is 84.9 Å². The number of anilines is 1. The van der Waals surface area contributed by atoms with Gasteiger partial charge in [-0.2, -0.15) is 0 Å². The van der Waals surface area contributed by atoms with Gasteiger partial charge in [0.15, 0.2) is 5.11 Å². The van der Waals surface area contributed by atoms with Crippen LogP contribution in [-0.4, -0.2) is 11.0 Å². The van der Waals surface area contributed by atoms with E-state index in [0.29, 0.717) is 5.75 Å². The molecule has 1 amide bonds. The maximum absolute atomic E-state index is 12.0. The third kappa shape index (κ3) is 6.07. The van der Waals surface area contributed by atoms with E-state index in [1.54, 1.807) is 6.08 Å². The minimum atomic E-state index is -0.290. The summed E-state index contributed by atoms with van der Waals surface area (Å²) in [5.41, 5.74) is 2.88. The number of amides is 1. The highest BCUT2D eigenvalue weighted by Gasteiger charge is 2.03. The van der Waals surface area contributed by atoms with E-state index in [2.05, 4.69) is 10.6 Å². The number of nitrogens with one attached hydrogen (secondary N) is 2. The molecular weight excluding hydrogens is 368 g/mol. The molecule has 0 aliphatic rings. The fourth-order valence-corrected chi connectivity index (χ4v) is 2.61. The quantitative estimate of drug-likeness (QED) is 0.459. The maximum atomic E-state index is 12.0. The molecule has 4 nitrogen and oxygen atoms in total. The molecule has 0 atom stereocenters.